The van der Waals surface area contributed by atoms with Crippen LogP contribution in [0.4, 0.5) is 0 Å². The average molecular weight is 287 g/mol. The van der Waals surface area contributed by atoms with E-state index in [2.05, 4.69) is 5.32 Å². The van der Waals surface area contributed by atoms with Gasteiger partial charge in [0.05, 0.1) is 13.2 Å². The molecule has 0 aliphatic heterocycles. The average Bonchev–Trinajstić information content (AvgIpc) is 2.37. The summed E-state index contributed by atoms with van der Waals surface area (Å²) in [5.74, 6) is 0.160. The molecule has 1 N–H and O–H groups in total. The maximum absolute atomic E-state index is 11.6. The highest BCUT2D eigenvalue weighted by Crippen LogP contribution is 2.14. The molecule has 20 heavy (non-hydrogen) atoms. The van der Waals surface area contributed by atoms with Crippen molar-refractivity contribution in [1.82, 2.24) is 5.32 Å². The van der Waals surface area contributed by atoms with Crippen molar-refractivity contribution in [2.75, 3.05) is 33.0 Å². The molecule has 0 unspecified atom stereocenters. The zero-order valence-electron chi connectivity index (χ0n) is 13.3. The minimum atomic E-state index is -0.354. The number of Topliss-reactive ketones (excluding diaryl/α,β-unsaturated/α-hetero) is 1. The van der Waals surface area contributed by atoms with Gasteiger partial charge in [-0.1, -0.05) is 27.7 Å². The van der Waals surface area contributed by atoms with E-state index in [0.717, 1.165) is 13.0 Å². The highest BCUT2D eigenvalue weighted by Gasteiger charge is 2.20. The number of hydrogen-bond donors (Lipinski definition) is 1. The minimum Gasteiger partial charge on any atom is -0.379 e. The molecule has 5 heteroatoms. The normalized spacial score (nSPS) is 11.4. The second kappa shape index (κ2) is 10.8. The quantitative estimate of drug-likeness (QED) is 0.590. The van der Waals surface area contributed by atoms with E-state index >= 15 is 0 Å². The molecular formula is C15H29NO4. The molecule has 0 radical (unpaired) electrons. The Morgan fingerprint density at radius 3 is 2.30 bits per heavy atom. The summed E-state index contributed by atoms with van der Waals surface area (Å²) in [6, 6.07) is 0. The molecule has 0 aliphatic carbocycles. The Morgan fingerprint density at radius 2 is 1.70 bits per heavy atom. The molecule has 0 aromatic rings. The minimum absolute atomic E-state index is 0.0717. The van der Waals surface area contributed by atoms with E-state index in [1.54, 1.807) is 0 Å². The van der Waals surface area contributed by atoms with Gasteiger partial charge in [0, 0.05) is 25.0 Å². The standard InChI is InChI=1S/C15H29NO4/c1-5-8-16-14(18)7-6-9-19-10-11-20-12-13(17)15(2,3)4/h5-12H2,1-4H3,(H,16,18). The number of ether oxygens (including phenoxy) is 2. The van der Waals surface area contributed by atoms with Crippen molar-refractivity contribution in [1.29, 1.82) is 0 Å². The molecular weight excluding hydrogens is 258 g/mol. The first kappa shape index (κ1) is 19.1. The fraction of sp³-hybridized carbons (Fsp3) is 0.867. The molecule has 0 saturated heterocycles. The molecule has 1 amide bonds. The van der Waals surface area contributed by atoms with Crippen molar-refractivity contribution in [3.05, 3.63) is 0 Å². The van der Waals surface area contributed by atoms with Crippen molar-refractivity contribution in [3.63, 3.8) is 0 Å². The van der Waals surface area contributed by atoms with Gasteiger partial charge in [-0.05, 0) is 12.8 Å². The summed E-state index contributed by atoms with van der Waals surface area (Å²) >= 11 is 0. The van der Waals surface area contributed by atoms with Crippen LogP contribution >= 0.6 is 0 Å². The lowest BCUT2D eigenvalue weighted by Crippen LogP contribution is -2.25. The van der Waals surface area contributed by atoms with Crippen molar-refractivity contribution in [2.45, 2.75) is 47.0 Å². The van der Waals surface area contributed by atoms with E-state index in [4.69, 9.17) is 9.47 Å². The van der Waals surface area contributed by atoms with E-state index in [9.17, 15) is 9.59 Å². The van der Waals surface area contributed by atoms with Crippen LogP contribution in [-0.4, -0.2) is 44.7 Å². The van der Waals surface area contributed by atoms with Gasteiger partial charge in [-0.3, -0.25) is 9.59 Å². The second-order valence-electron chi connectivity index (χ2n) is 5.79. The molecule has 5 nitrogen and oxygen atoms in total. The van der Waals surface area contributed by atoms with Crippen LogP contribution in [0.25, 0.3) is 0 Å². The summed E-state index contributed by atoms with van der Waals surface area (Å²) in [6.07, 6.45) is 2.15. The van der Waals surface area contributed by atoms with Gasteiger partial charge in [-0.15, -0.1) is 0 Å². The van der Waals surface area contributed by atoms with Gasteiger partial charge in [0.1, 0.15) is 6.61 Å². The van der Waals surface area contributed by atoms with E-state index in [-0.39, 0.29) is 23.7 Å². The van der Waals surface area contributed by atoms with Crippen LogP contribution in [-0.2, 0) is 19.1 Å². The lowest BCUT2D eigenvalue weighted by Gasteiger charge is -2.16. The topological polar surface area (TPSA) is 64.6 Å². The van der Waals surface area contributed by atoms with Crippen molar-refractivity contribution in [2.24, 2.45) is 5.41 Å². The molecule has 0 aliphatic rings. The first-order valence-electron chi connectivity index (χ1n) is 7.33. The second-order valence-corrected chi connectivity index (χ2v) is 5.79. The maximum Gasteiger partial charge on any atom is 0.220 e. The molecule has 0 aromatic heterocycles. The molecule has 0 fully saturated rings. The number of amides is 1. The molecule has 0 aromatic carbocycles. The summed E-state index contributed by atoms with van der Waals surface area (Å²) in [6.45, 7) is 9.90. The zero-order valence-corrected chi connectivity index (χ0v) is 13.3. The predicted octanol–water partition coefficient (Wildman–Crippen LogP) is 1.94. The van der Waals surface area contributed by atoms with Crippen LogP contribution in [0.2, 0.25) is 0 Å². The fourth-order valence-corrected chi connectivity index (χ4v) is 1.29. The lowest BCUT2D eigenvalue weighted by atomic mass is 9.91. The van der Waals surface area contributed by atoms with Crippen LogP contribution < -0.4 is 5.32 Å². The highest BCUT2D eigenvalue weighted by molar-refractivity contribution is 5.84. The fourth-order valence-electron chi connectivity index (χ4n) is 1.29. The van der Waals surface area contributed by atoms with E-state index < -0.39 is 0 Å². The highest BCUT2D eigenvalue weighted by atomic mass is 16.5. The van der Waals surface area contributed by atoms with Crippen LogP contribution in [0.1, 0.15) is 47.0 Å². The Bertz CT molecular complexity index is 284. The molecule has 0 rings (SSSR count). The van der Waals surface area contributed by atoms with Crippen LogP contribution in [0.5, 0.6) is 0 Å². The van der Waals surface area contributed by atoms with E-state index in [0.29, 0.717) is 32.7 Å². The third-order valence-corrected chi connectivity index (χ3v) is 2.71. The summed E-state index contributed by atoms with van der Waals surface area (Å²) in [5.41, 5.74) is -0.354. The Labute approximate surface area is 122 Å². The Balaban J connectivity index is 3.33. The van der Waals surface area contributed by atoms with Crippen LogP contribution in [0.15, 0.2) is 0 Å². The molecule has 0 bridgehead atoms. The van der Waals surface area contributed by atoms with E-state index in [1.807, 2.05) is 27.7 Å². The van der Waals surface area contributed by atoms with Crippen LogP contribution in [0.3, 0.4) is 0 Å². The predicted molar refractivity (Wildman–Crippen MR) is 78.6 cm³/mol. The number of ketones is 1. The van der Waals surface area contributed by atoms with Crippen molar-refractivity contribution in [3.8, 4) is 0 Å². The number of carbonyl (C=O) groups is 2. The number of nitrogens with one attached hydrogen (secondary N) is 1. The smallest absolute Gasteiger partial charge is 0.220 e. The Hall–Kier alpha value is -0.940. The van der Waals surface area contributed by atoms with Gasteiger partial charge in [0.2, 0.25) is 5.91 Å². The van der Waals surface area contributed by atoms with Gasteiger partial charge >= 0.3 is 0 Å². The van der Waals surface area contributed by atoms with Crippen molar-refractivity contribution >= 4 is 11.7 Å². The van der Waals surface area contributed by atoms with Gasteiger partial charge in [0.15, 0.2) is 5.78 Å². The molecule has 118 valence electrons. The van der Waals surface area contributed by atoms with Gasteiger partial charge in [0.25, 0.3) is 0 Å². The van der Waals surface area contributed by atoms with Gasteiger partial charge < -0.3 is 14.8 Å². The summed E-state index contributed by atoms with van der Waals surface area (Å²) in [7, 11) is 0. The van der Waals surface area contributed by atoms with Crippen LogP contribution in [0, 0.1) is 5.41 Å². The van der Waals surface area contributed by atoms with E-state index in [1.165, 1.54) is 0 Å². The molecule has 0 atom stereocenters. The van der Waals surface area contributed by atoms with Gasteiger partial charge in [-0.25, -0.2) is 0 Å². The Kier molecular flexibility index (Phi) is 10.3. The maximum atomic E-state index is 11.6. The number of rotatable bonds is 11. The molecule has 0 saturated carbocycles. The SMILES string of the molecule is CCCNC(=O)CCCOCCOCC(=O)C(C)(C)C. The van der Waals surface area contributed by atoms with Crippen molar-refractivity contribution < 1.29 is 19.1 Å². The molecule has 0 spiro atoms. The number of hydrogen-bond acceptors (Lipinski definition) is 4. The zero-order chi connectivity index (χ0) is 15.4. The Morgan fingerprint density at radius 1 is 1.05 bits per heavy atom. The molecule has 0 heterocycles. The number of carbonyl (C=O) groups excluding carboxylic acids is 2. The lowest BCUT2D eigenvalue weighted by molar-refractivity contribution is -0.131. The largest absolute Gasteiger partial charge is 0.379 e. The summed E-state index contributed by atoms with van der Waals surface area (Å²) < 4.78 is 10.6. The monoisotopic (exact) mass is 287 g/mol. The third-order valence-electron chi connectivity index (χ3n) is 2.71. The third kappa shape index (κ3) is 10.9. The first-order valence-corrected chi connectivity index (χ1v) is 7.33. The summed E-state index contributed by atoms with van der Waals surface area (Å²) in [5, 5.41) is 2.81. The summed E-state index contributed by atoms with van der Waals surface area (Å²) in [4.78, 5) is 22.8. The first-order chi connectivity index (χ1) is 9.38. The van der Waals surface area contributed by atoms with Gasteiger partial charge in [-0.2, -0.15) is 0 Å².